The van der Waals surface area contributed by atoms with Gasteiger partial charge in [0.25, 0.3) is 5.69 Å². The summed E-state index contributed by atoms with van der Waals surface area (Å²) in [5.74, 6) is -1.11. The number of nitro benzene ring substituents is 1. The Kier molecular flexibility index (Phi) is 3.61. The molecule has 1 unspecified atom stereocenters. The van der Waals surface area contributed by atoms with Crippen molar-refractivity contribution in [2.75, 3.05) is 18.0 Å². The molecule has 0 radical (unpaired) electrons. The lowest BCUT2D eigenvalue weighted by molar-refractivity contribution is -0.384. The summed E-state index contributed by atoms with van der Waals surface area (Å²) in [6.45, 7) is 2.89. The minimum Gasteiger partial charge on any atom is -0.481 e. The van der Waals surface area contributed by atoms with Crippen molar-refractivity contribution in [2.45, 2.75) is 6.92 Å². The summed E-state index contributed by atoms with van der Waals surface area (Å²) < 4.78 is 0. The third-order valence-electron chi connectivity index (χ3n) is 3.49. The molecule has 0 aromatic heterocycles. The van der Waals surface area contributed by atoms with Crippen LogP contribution >= 0.6 is 11.6 Å². The zero-order chi connectivity index (χ0) is 14.2. The van der Waals surface area contributed by atoms with E-state index in [0.717, 1.165) is 0 Å². The third-order valence-corrected chi connectivity index (χ3v) is 3.79. The fourth-order valence-corrected chi connectivity index (χ4v) is 2.39. The van der Waals surface area contributed by atoms with Crippen LogP contribution in [-0.4, -0.2) is 29.1 Å². The maximum Gasteiger partial charge on any atom is 0.306 e. The SMILES string of the molecule is CC(C(=O)O)C1CN(c2ccc([N+](=O)[O-])cc2Cl)C1. The maximum absolute atomic E-state index is 10.8. The predicted molar refractivity (Wildman–Crippen MR) is 70.6 cm³/mol. The van der Waals surface area contributed by atoms with E-state index < -0.39 is 16.8 Å². The molecular formula is C12H13ClN2O4. The fourth-order valence-electron chi connectivity index (χ4n) is 2.09. The van der Waals surface area contributed by atoms with Crippen LogP contribution in [0.15, 0.2) is 18.2 Å². The molecule has 1 aliphatic heterocycles. The molecule has 1 saturated heterocycles. The van der Waals surface area contributed by atoms with Crippen LogP contribution < -0.4 is 4.90 Å². The Morgan fingerprint density at radius 2 is 2.21 bits per heavy atom. The van der Waals surface area contributed by atoms with Crippen LogP contribution in [-0.2, 0) is 4.79 Å². The fraction of sp³-hybridized carbons (Fsp3) is 0.417. The Labute approximate surface area is 114 Å². The van der Waals surface area contributed by atoms with E-state index in [1.54, 1.807) is 13.0 Å². The lowest BCUT2D eigenvalue weighted by Crippen LogP contribution is -2.51. The molecule has 1 aliphatic rings. The van der Waals surface area contributed by atoms with Gasteiger partial charge in [0, 0.05) is 31.1 Å². The Balaban J connectivity index is 2.06. The number of hydrogen-bond donors (Lipinski definition) is 1. The van der Waals surface area contributed by atoms with Crippen LogP contribution in [0.4, 0.5) is 11.4 Å². The second-order valence-electron chi connectivity index (χ2n) is 4.68. The van der Waals surface area contributed by atoms with Crippen molar-refractivity contribution in [2.24, 2.45) is 11.8 Å². The summed E-state index contributed by atoms with van der Waals surface area (Å²) >= 11 is 6.01. The van der Waals surface area contributed by atoms with Crippen LogP contribution in [0.5, 0.6) is 0 Å². The molecular weight excluding hydrogens is 272 g/mol. The number of carboxylic acid groups (broad SMARTS) is 1. The molecule has 2 rings (SSSR count). The van der Waals surface area contributed by atoms with Crippen molar-refractivity contribution in [3.8, 4) is 0 Å². The number of hydrogen-bond acceptors (Lipinski definition) is 4. The first-order valence-corrected chi connectivity index (χ1v) is 6.19. The Bertz CT molecular complexity index is 528. The van der Waals surface area contributed by atoms with Gasteiger partial charge >= 0.3 is 5.97 Å². The molecule has 1 aromatic carbocycles. The van der Waals surface area contributed by atoms with E-state index in [1.807, 2.05) is 4.90 Å². The number of non-ortho nitro benzene ring substituents is 1. The van der Waals surface area contributed by atoms with Crippen molar-refractivity contribution in [3.05, 3.63) is 33.3 Å². The number of aliphatic carboxylic acids is 1. The number of halogens is 1. The van der Waals surface area contributed by atoms with Gasteiger partial charge in [0.05, 0.1) is 21.6 Å². The molecule has 102 valence electrons. The highest BCUT2D eigenvalue weighted by Gasteiger charge is 2.35. The quantitative estimate of drug-likeness (QED) is 0.678. The minimum absolute atomic E-state index is 0.0512. The normalized spacial score (nSPS) is 16.8. The molecule has 0 bridgehead atoms. The van der Waals surface area contributed by atoms with Crippen molar-refractivity contribution < 1.29 is 14.8 Å². The van der Waals surface area contributed by atoms with E-state index >= 15 is 0 Å². The first-order valence-electron chi connectivity index (χ1n) is 5.82. The number of nitrogens with zero attached hydrogens (tertiary/aromatic N) is 2. The van der Waals surface area contributed by atoms with E-state index in [4.69, 9.17) is 16.7 Å². The number of benzene rings is 1. The summed E-state index contributed by atoms with van der Waals surface area (Å²) in [6, 6.07) is 4.31. The van der Waals surface area contributed by atoms with Gasteiger partial charge in [0.1, 0.15) is 0 Å². The molecule has 0 spiro atoms. The number of nitro groups is 1. The Morgan fingerprint density at radius 3 is 2.68 bits per heavy atom. The van der Waals surface area contributed by atoms with E-state index in [2.05, 4.69) is 0 Å². The second-order valence-corrected chi connectivity index (χ2v) is 5.09. The molecule has 0 aliphatic carbocycles. The first kappa shape index (κ1) is 13.6. The van der Waals surface area contributed by atoms with Gasteiger partial charge in [0.2, 0.25) is 0 Å². The van der Waals surface area contributed by atoms with Crippen LogP contribution in [0.3, 0.4) is 0 Å². The average molecular weight is 285 g/mol. The van der Waals surface area contributed by atoms with Crippen molar-refractivity contribution >= 4 is 28.9 Å². The highest BCUT2D eigenvalue weighted by molar-refractivity contribution is 6.33. The molecule has 19 heavy (non-hydrogen) atoms. The monoisotopic (exact) mass is 284 g/mol. The number of anilines is 1. The zero-order valence-electron chi connectivity index (χ0n) is 10.2. The molecule has 1 atom stereocenters. The lowest BCUT2D eigenvalue weighted by Gasteiger charge is -2.43. The van der Waals surface area contributed by atoms with Gasteiger partial charge < -0.3 is 10.0 Å². The standard InChI is InChI=1S/C12H13ClN2O4/c1-7(12(16)17)8-5-14(6-8)11-3-2-9(15(18)19)4-10(11)13/h2-4,7-8H,5-6H2,1H3,(H,16,17). The van der Waals surface area contributed by atoms with Gasteiger partial charge in [-0.1, -0.05) is 18.5 Å². The molecule has 0 amide bonds. The van der Waals surface area contributed by atoms with Crippen LogP contribution in [0.1, 0.15) is 6.92 Å². The summed E-state index contributed by atoms with van der Waals surface area (Å²) in [5, 5.41) is 19.8. The molecule has 7 heteroatoms. The zero-order valence-corrected chi connectivity index (χ0v) is 11.0. The number of carbonyl (C=O) groups is 1. The van der Waals surface area contributed by atoms with E-state index in [0.29, 0.717) is 23.8 Å². The number of carboxylic acids is 1. The van der Waals surface area contributed by atoms with Crippen molar-refractivity contribution in [3.63, 3.8) is 0 Å². The van der Waals surface area contributed by atoms with Crippen LogP contribution in [0.2, 0.25) is 5.02 Å². The number of rotatable bonds is 4. The van der Waals surface area contributed by atoms with Gasteiger partial charge in [-0.3, -0.25) is 14.9 Å². The highest BCUT2D eigenvalue weighted by Crippen LogP contribution is 2.35. The average Bonchev–Trinajstić information content (AvgIpc) is 2.28. The Morgan fingerprint density at radius 1 is 1.58 bits per heavy atom. The van der Waals surface area contributed by atoms with Gasteiger partial charge in [-0.25, -0.2) is 0 Å². The predicted octanol–water partition coefficient (Wildman–Crippen LogP) is 2.41. The summed E-state index contributed by atoms with van der Waals surface area (Å²) in [5.41, 5.74) is 0.658. The second kappa shape index (κ2) is 5.05. The molecule has 1 aromatic rings. The summed E-state index contributed by atoms with van der Waals surface area (Å²) in [6.07, 6.45) is 0. The summed E-state index contributed by atoms with van der Waals surface area (Å²) in [4.78, 5) is 22.9. The molecule has 1 fully saturated rings. The molecule has 6 nitrogen and oxygen atoms in total. The maximum atomic E-state index is 10.8. The topological polar surface area (TPSA) is 83.7 Å². The molecule has 1 heterocycles. The highest BCUT2D eigenvalue weighted by atomic mass is 35.5. The van der Waals surface area contributed by atoms with Gasteiger partial charge in [-0.15, -0.1) is 0 Å². The minimum atomic E-state index is -0.806. The van der Waals surface area contributed by atoms with Gasteiger partial charge in [-0.2, -0.15) is 0 Å². The Hall–Kier alpha value is -1.82. The largest absolute Gasteiger partial charge is 0.481 e. The van der Waals surface area contributed by atoms with Crippen LogP contribution in [0, 0.1) is 22.0 Å². The van der Waals surface area contributed by atoms with Crippen molar-refractivity contribution in [1.29, 1.82) is 0 Å². The van der Waals surface area contributed by atoms with E-state index in [1.165, 1.54) is 12.1 Å². The molecule has 0 saturated carbocycles. The van der Waals surface area contributed by atoms with Crippen molar-refractivity contribution in [1.82, 2.24) is 0 Å². The van der Waals surface area contributed by atoms with E-state index in [-0.39, 0.29) is 11.6 Å². The lowest BCUT2D eigenvalue weighted by atomic mass is 9.86. The first-order chi connectivity index (χ1) is 8.90. The molecule has 1 N–H and O–H groups in total. The smallest absolute Gasteiger partial charge is 0.306 e. The van der Waals surface area contributed by atoms with Crippen LogP contribution in [0.25, 0.3) is 0 Å². The van der Waals surface area contributed by atoms with E-state index in [9.17, 15) is 14.9 Å². The van der Waals surface area contributed by atoms with Gasteiger partial charge in [0.15, 0.2) is 0 Å². The van der Waals surface area contributed by atoms with Gasteiger partial charge in [-0.05, 0) is 6.07 Å². The summed E-state index contributed by atoms with van der Waals surface area (Å²) in [7, 11) is 0. The third kappa shape index (κ3) is 2.63.